The molecular weight excluding hydrogens is 170 g/mol. The Morgan fingerprint density at radius 3 is 2.42 bits per heavy atom. The van der Waals surface area contributed by atoms with E-state index in [1.54, 1.807) is 0 Å². The summed E-state index contributed by atoms with van der Waals surface area (Å²) >= 11 is 6.18. The number of hydrogen-bond donors (Lipinski definition) is 0. The van der Waals surface area contributed by atoms with Crippen molar-refractivity contribution in [2.75, 3.05) is 13.6 Å². The molecule has 12 heavy (non-hydrogen) atoms. The number of halogens is 1. The SMILES string of the molecule is CCN(C)C(Cl)c1ccccc1. The first-order chi connectivity index (χ1) is 5.75. The van der Waals surface area contributed by atoms with Crippen LogP contribution in [0.1, 0.15) is 18.0 Å². The van der Waals surface area contributed by atoms with Crippen LogP contribution in [0.15, 0.2) is 30.3 Å². The van der Waals surface area contributed by atoms with E-state index >= 15 is 0 Å². The highest BCUT2D eigenvalue weighted by atomic mass is 35.5. The molecule has 0 fully saturated rings. The van der Waals surface area contributed by atoms with Crippen LogP contribution in [0.5, 0.6) is 0 Å². The minimum absolute atomic E-state index is 0.00352. The molecule has 0 heterocycles. The van der Waals surface area contributed by atoms with E-state index in [0.717, 1.165) is 12.1 Å². The highest BCUT2D eigenvalue weighted by Crippen LogP contribution is 2.22. The minimum atomic E-state index is -0.00352. The lowest BCUT2D eigenvalue weighted by Crippen LogP contribution is -2.19. The molecule has 1 aromatic rings. The Morgan fingerprint density at radius 1 is 1.33 bits per heavy atom. The molecule has 0 radical (unpaired) electrons. The maximum Gasteiger partial charge on any atom is 0.110 e. The summed E-state index contributed by atoms with van der Waals surface area (Å²) in [7, 11) is 2.02. The lowest BCUT2D eigenvalue weighted by molar-refractivity contribution is 0.330. The third-order valence-electron chi connectivity index (χ3n) is 1.96. The molecule has 1 nitrogen and oxygen atoms in total. The van der Waals surface area contributed by atoms with Gasteiger partial charge in [-0.3, -0.25) is 4.90 Å². The van der Waals surface area contributed by atoms with Crippen molar-refractivity contribution < 1.29 is 0 Å². The summed E-state index contributed by atoms with van der Waals surface area (Å²) in [5, 5.41) is 0. The van der Waals surface area contributed by atoms with Crippen molar-refractivity contribution >= 4 is 11.6 Å². The second kappa shape index (κ2) is 4.48. The van der Waals surface area contributed by atoms with Crippen LogP contribution in [0.3, 0.4) is 0 Å². The molecule has 0 saturated heterocycles. The van der Waals surface area contributed by atoms with Gasteiger partial charge in [-0.2, -0.15) is 0 Å². The van der Waals surface area contributed by atoms with Gasteiger partial charge in [-0.1, -0.05) is 37.3 Å². The Bertz CT molecular complexity index is 223. The van der Waals surface area contributed by atoms with Crippen LogP contribution < -0.4 is 0 Å². The Hall–Kier alpha value is -0.530. The van der Waals surface area contributed by atoms with Gasteiger partial charge in [-0.25, -0.2) is 0 Å². The average Bonchev–Trinajstić information content (AvgIpc) is 2.17. The summed E-state index contributed by atoms with van der Waals surface area (Å²) in [6, 6.07) is 10.1. The highest BCUT2D eigenvalue weighted by molar-refractivity contribution is 6.20. The van der Waals surface area contributed by atoms with Crippen LogP contribution in [0, 0.1) is 0 Å². The van der Waals surface area contributed by atoms with E-state index < -0.39 is 0 Å². The smallest absolute Gasteiger partial charge is 0.110 e. The van der Waals surface area contributed by atoms with E-state index in [4.69, 9.17) is 11.6 Å². The Morgan fingerprint density at radius 2 is 1.92 bits per heavy atom. The van der Waals surface area contributed by atoms with Crippen molar-refractivity contribution in [2.24, 2.45) is 0 Å². The molecule has 0 bridgehead atoms. The maximum atomic E-state index is 6.18. The summed E-state index contributed by atoms with van der Waals surface area (Å²) in [5.41, 5.74) is 1.15. The topological polar surface area (TPSA) is 3.24 Å². The predicted molar refractivity (Wildman–Crippen MR) is 53.3 cm³/mol. The lowest BCUT2D eigenvalue weighted by Gasteiger charge is -2.20. The van der Waals surface area contributed by atoms with Gasteiger partial charge in [-0.15, -0.1) is 11.6 Å². The van der Waals surface area contributed by atoms with Crippen molar-refractivity contribution in [3.63, 3.8) is 0 Å². The van der Waals surface area contributed by atoms with Gasteiger partial charge in [0.15, 0.2) is 0 Å². The monoisotopic (exact) mass is 183 g/mol. The fourth-order valence-electron chi connectivity index (χ4n) is 1.03. The quantitative estimate of drug-likeness (QED) is 0.515. The van der Waals surface area contributed by atoms with Gasteiger partial charge in [0.2, 0.25) is 0 Å². The van der Waals surface area contributed by atoms with Gasteiger partial charge in [0.1, 0.15) is 5.50 Å². The molecule has 1 rings (SSSR count). The fraction of sp³-hybridized carbons (Fsp3) is 0.400. The molecule has 2 heteroatoms. The molecular formula is C10H14ClN. The fourth-order valence-corrected chi connectivity index (χ4v) is 1.31. The van der Waals surface area contributed by atoms with Gasteiger partial charge in [-0.05, 0) is 19.2 Å². The van der Waals surface area contributed by atoms with E-state index in [9.17, 15) is 0 Å². The lowest BCUT2D eigenvalue weighted by atomic mass is 10.2. The van der Waals surface area contributed by atoms with E-state index in [1.807, 2.05) is 37.4 Å². The van der Waals surface area contributed by atoms with Crippen LogP contribution in [-0.2, 0) is 0 Å². The Labute approximate surface area is 79.0 Å². The van der Waals surface area contributed by atoms with Crippen LogP contribution in [0.25, 0.3) is 0 Å². The van der Waals surface area contributed by atoms with E-state index in [1.165, 1.54) is 0 Å². The Balaban J connectivity index is 2.71. The van der Waals surface area contributed by atoms with Crippen LogP contribution >= 0.6 is 11.6 Å². The number of rotatable bonds is 3. The van der Waals surface area contributed by atoms with E-state index in [2.05, 4.69) is 11.8 Å². The predicted octanol–water partition coefficient (Wildman–Crippen LogP) is 2.88. The molecule has 0 aliphatic heterocycles. The van der Waals surface area contributed by atoms with Crippen molar-refractivity contribution in [2.45, 2.75) is 12.4 Å². The largest absolute Gasteiger partial charge is 0.287 e. The minimum Gasteiger partial charge on any atom is -0.287 e. The number of alkyl halides is 1. The standard InChI is InChI=1S/C10H14ClN/c1-3-12(2)10(11)9-7-5-4-6-8-9/h4-8,10H,3H2,1-2H3. The second-order valence-corrected chi connectivity index (χ2v) is 3.23. The summed E-state index contributed by atoms with van der Waals surface area (Å²) < 4.78 is 0. The summed E-state index contributed by atoms with van der Waals surface area (Å²) in [6.07, 6.45) is 0. The third-order valence-corrected chi connectivity index (χ3v) is 2.55. The second-order valence-electron chi connectivity index (χ2n) is 2.82. The first-order valence-corrected chi connectivity index (χ1v) is 4.58. The normalized spacial score (nSPS) is 13.3. The molecule has 0 aliphatic rings. The third kappa shape index (κ3) is 2.23. The maximum absolute atomic E-state index is 6.18. The van der Waals surface area contributed by atoms with Gasteiger partial charge in [0.05, 0.1) is 0 Å². The number of hydrogen-bond acceptors (Lipinski definition) is 1. The van der Waals surface area contributed by atoms with Crippen molar-refractivity contribution in [3.8, 4) is 0 Å². The molecule has 1 aromatic carbocycles. The molecule has 0 amide bonds. The summed E-state index contributed by atoms with van der Waals surface area (Å²) in [5.74, 6) is 0. The van der Waals surface area contributed by atoms with Crippen molar-refractivity contribution in [1.82, 2.24) is 4.90 Å². The first-order valence-electron chi connectivity index (χ1n) is 4.15. The molecule has 0 aliphatic carbocycles. The van der Waals surface area contributed by atoms with Crippen LogP contribution in [0.2, 0.25) is 0 Å². The number of benzene rings is 1. The van der Waals surface area contributed by atoms with Crippen molar-refractivity contribution in [3.05, 3.63) is 35.9 Å². The molecule has 0 spiro atoms. The molecule has 0 aromatic heterocycles. The van der Waals surface area contributed by atoms with Crippen LogP contribution in [-0.4, -0.2) is 18.5 Å². The average molecular weight is 184 g/mol. The number of nitrogens with zero attached hydrogens (tertiary/aromatic N) is 1. The van der Waals surface area contributed by atoms with Crippen LogP contribution in [0.4, 0.5) is 0 Å². The first kappa shape index (κ1) is 9.56. The highest BCUT2D eigenvalue weighted by Gasteiger charge is 2.10. The molecule has 66 valence electrons. The molecule has 0 saturated carbocycles. The molecule has 0 N–H and O–H groups in total. The Kier molecular flexibility index (Phi) is 3.57. The van der Waals surface area contributed by atoms with E-state index in [0.29, 0.717) is 0 Å². The van der Waals surface area contributed by atoms with Crippen molar-refractivity contribution in [1.29, 1.82) is 0 Å². The van der Waals surface area contributed by atoms with Gasteiger partial charge in [0.25, 0.3) is 0 Å². The van der Waals surface area contributed by atoms with E-state index in [-0.39, 0.29) is 5.50 Å². The summed E-state index contributed by atoms with van der Waals surface area (Å²) in [6.45, 7) is 3.06. The zero-order valence-corrected chi connectivity index (χ0v) is 8.25. The molecule has 1 atom stereocenters. The van der Waals surface area contributed by atoms with Gasteiger partial charge in [0, 0.05) is 0 Å². The zero-order chi connectivity index (χ0) is 8.97. The summed E-state index contributed by atoms with van der Waals surface area (Å²) in [4.78, 5) is 2.09. The van der Waals surface area contributed by atoms with Gasteiger partial charge >= 0.3 is 0 Å². The van der Waals surface area contributed by atoms with Gasteiger partial charge < -0.3 is 0 Å². The zero-order valence-electron chi connectivity index (χ0n) is 7.50. The molecule has 1 unspecified atom stereocenters.